The van der Waals surface area contributed by atoms with Gasteiger partial charge < -0.3 is 5.32 Å². The maximum absolute atomic E-state index is 12.4. The Bertz CT molecular complexity index is 516. The number of rotatable bonds is 5. The first-order valence-electron chi connectivity index (χ1n) is 5.16. The lowest BCUT2D eigenvalue weighted by atomic mass is 10.3. The smallest absolute Gasteiger partial charge is 0.288 e. The molecule has 0 atom stereocenters. The van der Waals surface area contributed by atoms with Crippen molar-refractivity contribution in [2.24, 2.45) is 0 Å². The van der Waals surface area contributed by atoms with Gasteiger partial charge in [-0.25, -0.2) is 0 Å². The summed E-state index contributed by atoms with van der Waals surface area (Å²) < 4.78 is 25.9. The summed E-state index contributed by atoms with van der Waals surface area (Å²) in [4.78, 5) is 1.71. The Morgan fingerprint density at radius 3 is 2.72 bits per heavy atom. The summed E-state index contributed by atoms with van der Waals surface area (Å²) in [5, 5.41) is 5.18. The van der Waals surface area contributed by atoms with Gasteiger partial charge in [-0.2, -0.15) is 8.78 Å². The van der Waals surface area contributed by atoms with Crippen LogP contribution < -0.4 is 5.32 Å². The monoisotopic (exact) mass is 349 g/mol. The molecule has 0 aliphatic rings. The van der Waals surface area contributed by atoms with Crippen LogP contribution in [0.2, 0.25) is 0 Å². The molecule has 1 N–H and O–H groups in total. The predicted octanol–water partition coefficient (Wildman–Crippen LogP) is 5.44. The molecule has 0 bridgehead atoms. The average molecular weight is 350 g/mol. The minimum absolute atomic E-state index is 0.562. The highest BCUT2D eigenvalue weighted by atomic mass is 79.9. The van der Waals surface area contributed by atoms with Crippen LogP contribution in [0.5, 0.6) is 0 Å². The number of anilines is 1. The number of nitrogens with one attached hydrogen (secondary N) is 1. The molecular formula is C12H10BrF2NS2. The Kier molecular flexibility index (Phi) is 5.03. The van der Waals surface area contributed by atoms with E-state index in [1.165, 1.54) is 0 Å². The Balaban J connectivity index is 2.07. The molecule has 6 heteroatoms. The van der Waals surface area contributed by atoms with Crippen molar-refractivity contribution in [1.82, 2.24) is 0 Å². The normalized spacial score (nSPS) is 10.9. The molecule has 0 saturated carbocycles. The van der Waals surface area contributed by atoms with E-state index in [1.807, 2.05) is 23.6 Å². The second-order valence-electron chi connectivity index (χ2n) is 3.42. The summed E-state index contributed by atoms with van der Waals surface area (Å²) in [7, 11) is 0. The van der Waals surface area contributed by atoms with Crippen LogP contribution in [0.3, 0.4) is 0 Å². The molecule has 1 nitrogen and oxygen atoms in total. The zero-order valence-electron chi connectivity index (χ0n) is 9.20. The molecule has 0 aliphatic carbocycles. The molecule has 0 amide bonds. The molecule has 0 unspecified atom stereocenters. The molecule has 2 rings (SSSR count). The molecule has 18 heavy (non-hydrogen) atoms. The van der Waals surface area contributed by atoms with Crippen molar-refractivity contribution in [1.29, 1.82) is 0 Å². The summed E-state index contributed by atoms with van der Waals surface area (Å²) in [6.45, 7) is 0.624. The number of hydrogen-bond acceptors (Lipinski definition) is 3. The highest BCUT2D eigenvalue weighted by Crippen LogP contribution is 2.32. The van der Waals surface area contributed by atoms with Crippen LogP contribution in [0, 0.1) is 0 Å². The lowest BCUT2D eigenvalue weighted by Crippen LogP contribution is -1.99. The zero-order chi connectivity index (χ0) is 13.0. The van der Waals surface area contributed by atoms with Gasteiger partial charge in [-0.1, -0.05) is 23.9 Å². The van der Waals surface area contributed by atoms with Gasteiger partial charge in [0.1, 0.15) is 0 Å². The van der Waals surface area contributed by atoms with Gasteiger partial charge in [0.15, 0.2) is 0 Å². The summed E-state index contributed by atoms with van der Waals surface area (Å²) >= 11 is 5.63. The van der Waals surface area contributed by atoms with Crippen LogP contribution >= 0.6 is 39.0 Å². The van der Waals surface area contributed by atoms with Crippen LogP contribution in [0.15, 0.2) is 45.1 Å². The van der Waals surface area contributed by atoms with Crippen molar-refractivity contribution in [3.8, 4) is 0 Å². The molecule has 0 spiro atoms. The summed E-state index contributed by atoms with van der Waals surface area (Å²) in [5.74, 6) is -2.40. The van der Waals surface area contributed by atoms with Gasteiger partial charge in [-0.05, 0) is 39.5 Å². The van der Waals surface area contributed by atoms with Crippen LogP contribution in [-0.4, -0.2) is 5.76 Å². The summed E-state index contributed by atoms with van der Waals surface area (Å²) in [6.07, 6.45) is 0. The maximum Gasteiger partial charge on any atom is 0.288 e. The van der Waals surface area contributed by atoms with Crippen molar-refractivity contribution in [2.45, 2.75) is 17.2 Å². The SMILES string of the molecule is FC(F)Sc1ccccc1NCc1sccc1Br. The van der Waals surface area contributed by atoms with E-state index in [0.29, 0.717) is 23.2 Å². The predicted molar refractivity (Wildman–Crippen MR) is 77.6 cm³/mol. The molecule has 2 aromatic rings. The van der Waals surface area contributed by atoms with Crippen LogP contribution in [0.25, 0.3) is 0 Å². The van der Waals surface area contributed by atoms with Gasteiger partial charge >= 0.3 is 0 Å². The van der Waals surface area contributed by atoms with Gasteiger partial charge in [-0.3, -0.25) is 0 Å². The fourth-order valence-electron chi connectivity index (χ4n) is 1.44. The lowest BCUT2D eigenvalue weighted by molar-refractivity contribution is 0.252. The third-order valence-electron chi connectivity index (χ3n) is 2.23. The molecule has 1 aromatic carbocycles. The second kappa shape index (κ2) is 6.54. The van der Waals surface area contributed by atoms with E-state index in [4.69, 9.17) is 0 Å². The molecule has 1 aromatic heterocycles. The van der Waals surface area contributed by atoms with E-state index in [9.17, 15) is 8.78 Å². The fourth-order valence-corrected chi connectivity index (χ4v) is 3.49. The van der Waals surface area contributed by atoms with E-state index in [0.717, 1.165) is 15.0 Å². The Labute approximate surface area is 121 Å². The third-order valence-corrected chi connectivity index (χ3v) is 4.95. The first-order chi connectivity index (χ1) is 8.66. The van der Waals surface area contributed by atoms with Crippen LogP contribution in [0.1, 0.15) is 4.88 Å². The number of para-hydroxylation sites is 1. The van der Waals surface area contributed by atoms with Crippen molar-refractivity contribution in [2.75, 3.05) is 5.32 Å². The van der Waals surface area contributed by atoms with E-state index in [1.54, 1.807) is 23.5 Å². The topological polar surface area (TPSA) is 12.0 Å². The Hall–Kier alpha value is -0.590. The first kappa shape index (κ1) is 13.8. The summed E-state index contributed by atoms with van der Waals surface area (Å²) in [6, 6.07) is 9.08. The van der Waals surface area contributed by atoms with E-state index >= 15 is 0 Å². The summed E-state index contributed by atoms with van der Waals surface area (Å²) in [5.41, 5.74) is 0.739. The molecule has 0 radical (unpaired) electrons. The highest BCUT2D eigenvalue weighted by Gasteiger charge is 2.09. The van der Waals surface area contributed by atoms with Gasteiger partial charge in [0.05, 0.1) is 6.54 Å². The number of thiophene rings is 1. The van der Waals surface area contributed by atoms with Gasteiger partial charge in [0, 0.05) is 19.9 Å². The molecule has 96 valence electrons. The minimum atomic E-state index is -2.40. The number of benzene rings is 1. The molecule has 0 saturated heterocycles. The molecular weight excluding hydrogens is 340 g/mol. The maximum atomic E-state index is 12.4. The van der Waals surface area contributed by atoms with Crippen molar-refractivity contribution in [3.63, 3.8) is 0 Å². The van der Waals surface area contributed by atoms with Crippen molar-refractivity contribution in [3.05, 3.63) is 45.1 Å². The van der Waals surface area contributed by atoms with Gasteiger partial charge in [-0.15, -0.1) is 11.3 Å². The molecule has 0 fully saturated rings. The second-order valence-corrected chi connectivity index (χ2v) is 6.31. The lowest BCUT2D eigenvalue weighted by Gasteiger charge is -2.10. The average Bonchev–Trinajstić information content (AvgIpc) is 2.73. The fraction of sp³-hybridized carbons (Fsp3) is 0.167. The zero-order valence-corrected chi connectivity index (χ0v) is 12.4. The van der Waals surface area contributed by atoms with E-state index in [-0.39, 0.29) is 0 Å². The minimum Gasteiger partial charge on any atom is -0.379 e. The van der Waals surface area contributed by atoms with E-state index in [2.05, 4.69) is 21.2 Å². The molecule has 0 aliphatic heterocycles. The largest absolute Gasteiger partial charge is 0.379 e. The highest BCUT2D eigenvalue weighted by molar-refractivity contribution is 9.10. The van der Waals surface area contributed by atoms with E-state index < -0.39 is 5.76 Å². The Morgan fingerprint density at radius 1 is 1.28 bits per heavy atom. The molecule has 1 heterocycles. The first-order valence-corrected chi connectivity index (χ1v) is 7.71. The van der Waals surface area contributed by atoms with Crippen molar-refractivity contribution >= 4 is 44.7 Å². The van der Waals surface area contributed by atoms with Crippen LogP contribution in [-0.2, 0) is 6.54 Å². The number of halogens is 3. The third kappa shape index (κ3) is 3.70. The number of hydrogen-bond donors (Lipinski definition) is 1. The van der Waals surface area contributed by atoms with Crippen molar-refractivity contribution < 1.29 is 8.78 Å². The quantitative estimate of drug-likeness (QED) is 0.721. The Morgan fingerprint density at radius 2 is 2.06 bits per heavy atom. The van der Waals surface area contributed by atoms with Gasteiger partial charge in [0.2, 0.25) is 0 Å². The number of thioether (sulfide) groups is 1. The van der Waals surface area contributed by atoms with Gasteiger partial charge in [0.25, 0.3) is 5.76 Å². The standard InChI is InChI=1S/C12H10BrF2NS2/c13-8-5-6-17-11(8)7-16-9-3-1-2-4-10(9)18-12(14)15/h1-6,12,16H,7H2. The van der Waals surface area contributed by atoms with Crippen LogP contribution in [0.4, 0.5) is 14.5 Å². The number of alkyl halides is 2.